The Morgan fingerprint density at radius 3 is 1.83 bits per heavy atom. The molecule has 12 heavy (non-hydrogen) atoms. The minimum absolute atomic E-state index is 0.608. The molecule has 0 heterocycles. The van der Waals surface area contributed by atoms with Crippen LogP contribution < -0.4 is 0 Å². The SMILES string of the molecule is CC(C)CCCCC(S)C(C)C. The predicted octanol–water partition coefficient (Wildman–Crippen LogP) is 4.16. The van der Waals surface area contributed by atoms with Gasteiger partial charge >= 0.3 is 0 Å². The number of rotatable bonds is 6. The molecule has 0 N–H and O–H groups in total. The monoisotopic (exact) mass is 188 g/mol. The highest BCUT2D eigenvalue weighted by atomic mass is 32.1. The summed E-state index contributed by atoms with van der Waals surface area (Å²) >= 11 is 4.55. The van der Waals surface area contributed by atoms with Crippen molar-refractivity contribution in [3.05, 3.63) is 0 Å². The van der Waals surface area contributed by atoms with Crippen LogP contribution in [0.2, 0.25) is 0 Å². The van der Waals surface area contributed by atoms with Crippen molar-refractivity contribution in [3.8, 4) is 0 Å². The Balaban J connectivity index is 3.20. The predicted molar refractivity (Wildman–Crippen MR) is 60.9 cm³/mol. The van der Waals surface area contributed by atoms with E-state index in [9.17, 15) is 0 Å². The third-order valence-electron chi connectivity index (χ3n) is 2.30. The van der Waals surface area contributed by atoms with Gasteiger partial charge < -0.3 is 0 Å². The second kappa shape index (κ2) is 6.82. The molecule has 0 amide bonds. The smallest absolute Gasteiger partial charge is 0.00398 e. The van der Waals surface area contributed by atoms with Crippen molar-refractivity contribution >= 4 is 12.6 Å². The molecular formula is C11H24S. The fraction of sp³-hybridized carbons (Fsp3) is 1.00. The fourth-order valence-electron chi connectivity index (χ4n) is 1.24. The lowest BCUT2D eigenvalue weighted by atomic mass is 10.0. The highest BCUT2D eigenvalue weighted by molar-refractivity contribution is 7.81. The quantitative estimate of drug-likeness (QED) is 0.470. The van der Waals surface area contributed by atoms with E-state index >= 15 is 0 Å². The standard InChI is InChI=1S/C11H24S/c1-9(2)7-5-6-8-11(12)10(3)4/h9-12H,5-8H2,1-4H3. The highest BCUT2D eigenvalue weighted by Gasteiger charge is 2.06. The largest absolute Gasteiger partial charge is 0.176 e. The van der Waals surface area contributed by atoms with Crippen LogP contribution in [0.1, 0.15) is 53.4 Å². The summed E-state index contributed by atoms with van der Waals surface area (Å²) in [6.07, 6.45) is 5.39. The van der Waals surface area contributed by atoms with Crippen LogP contribution in [0, 0.1) is 11.8 Å². The first-order chi connectivity index (χ1) is 5.54. The Labute approximate surface area is 83.5 Å². The van der Waals surface area contributed by atoms with E-state index in [-0.39, 0.29) is 0 Å². The molecule has 0 aliphatic carbocycles. The van der Waals surface area contributed by atoms with Crippen LogP contribution in [0.15, 0.2) is 0 Å². The zero-order chi connectivity index (χ0) is 9.56. The maximum absolute atomic E-state index is 4.55. The molecule has 0 aromatic rings. The summed E-state index contributed by atoms with van der Waals surface area (Å²) in [6.45, 7) is 9.08. The molecule has 0 radical (unpaired) electrons. The normalized spacial score (nSPS) is 14.2. The summed E-state index contributed by atoms with van der Waals surface area (Å²) in [4.78, 5) is 0. The lowest BCUT2D eigenvalue weighted by Crippen LogP contribution is -2.07. The molecule has 0 nitrogen and oxygen atoms in total. The van der Waals surface area contributed by atoms with Crippen molar-refractivity contribution in [2.75, 3.05) is 0 Å². The zero-order valence-electron chi connectivity index (χ0n) is 9.01. The van der Waals surface area contributed by atoms with Crippen LogP contribution in [0.25, 0.3) is 0 Å². The molecule has 0 aromatic carbocycles. The summed E-state index contributed by atoms with van der Waals surface area (Å²) in [5.74, 6) is 1.59. The van der Waals surface area contributed by atoms with Gasteiger partial charge in [0.15, 0.2) is 0 Å². The van der Waals surface area contributed by atoms with Gasteiger partial charge in [0.1, 0.15) is 0 Å². The molecule has 0 aliphatic heterocycles. The molecule has 0 bridgehead atoms. The molecule has 1 unspecified atom stereocenters. The van der Waals surface area contributed by atoms with Crippen LogP contribution >= 0.6 is 12.6 Å². The summed E-state index contributed by atoms with van der Waals surface area (Å²) < 4.78 is 0. The van der Waals surface area contributed by atoms with Gasteiger partial charge in [0.05, 0.1) is 0 Å². The van der Waals surface area contributed by atoms with Crippen LogP contribution in [0.4, 0.5) is 0 Å². The minimum atomic E-state index is 0.608. The molecule has 1 heteroatoms. The Bertz CT molecular complexity index is 97.2. The highest BCUT2D eigenvalue weighted by Crippen LogP contribution is 2.17. The molecule has 1 atom stereocenters. The van der Waals surface area contributed by atoms with Crippen molar-refractivity contribution in [3.63, 3.8) is 0 Å². The molecule has 0 fully saturated rings. The van der Waals surface area contributed by atoms with Crippen molar-refractivity contribution in [1.29, 1.82) is 0 Å². The van der Waals surface area contributed by atoms with Gasteiger partial charge in [-0.2, -0.15) is 12.6 Å². The van der Waals surface area contributed by atoms with E-state index in [2.05, 4.69) is 40.3 Å². The van der Waals surface area contributed by atoms with Crippen molar-refractivity contribution < 1.29 is 0 Å². The molecule has 0 saturated heterocycles. The molecule has 0 aromatic heterocycles. The fourth-order valence-corrected chi connectivity index (χ4v) is 1.42. The summed E-state index contributed by atoms with van der Waals surface area (Å²) in [7, 11) is 0. The number of hydrogen-bond acceptors (Lipinski definition) is 1. The number of unbranched alkanes of at least 4 members (excludes halogenated alkanes) is 1. The van der Waals surface area contributed by atoms with Gasteiger partial charge in [0.2, 0.25) is 0 Å². The summed E-state index contributed by atoms with van der Waals surface area (Å²) in [5.41, 5.74) is 0. The maximum Gasteiger partial charge on any atom is 0.00398 e. The van der Waals surface area contributed by atoms with Gasteiger partial charge in [-0.1, -0.05) is 47.0 Å². The Kier molecular flexibility index (Phi) is 7.02. The van der Waals surface area contributed by atoms with Crippen LogP contribution in [0.5, 0.6) is 0 Å². The Morgan fingerprint density at radius 1 is 0.917 bits per heavy atom. The second-order valence-electron chi connectivity index (χ2n) is 4.49. The molecule has 0 spiro atoms. The Morgan fingerprint density at radius 2 is 1.42 bits per heavy atom. The third-order valence-corrected chi connectivity index (χ3v) is 3.16. The Hall–Kier alpha value is 0.350. The topological polar surface area (TPSA) is 0 Å². The molecular weight excluding hydrogens is 164 g/mol. The summed E-state index contributed by atoms with van der Waals surface area (Å²) in [6, 6.07) is 0. The van der Waals surface area contributed by atoms with Crippen LogP contribution in [-0.2, 0) is 0 Å². The molecule has 74 valence electrons. The third kappa shape index (κ3) is 7.02. The van der Waals surface area contributed by atoms with E-state index in [0.717, 1.165) is 11.8 Å². The van der Waals surface area contributed by atoms with E-state index in [4.69, 9.17) is 0 Å². The van der Waals surface area contributed by atoms with E-state index in [1.807, 2.05) is 0 Å². The van der Waals surface area contributed by atoms with Gasteiger partial charge in [-0.05, 0) is 18.3 Å². The first-order valence-corrected chi connectivity index (χ1v) is 5.73. The van der Waals surface area contributed by atoms with Crippen molar-refractivity contribution in [1.82, 2.24) is 0 Å². The average molecular weight is 188 g/mol. The first-order valence-electron chi connectivity index (χ1n) is 5.22. The van der Waals surface area contributed by atoms with E-state index in [1.165, 1.54) is 25.7 Å². The number of hydrogen-bond donors (Lipinski definition) is 1. The van der Waals surface area contributed by atoms with Gasteiger partial charge in [0.25, 0.3) is 0 Å². The van der Waals surface area contributed by atoms with Crippen LogP contribution in [0.3, 0.4) is 0 Å². The van der Waals surface area contributed by atoms with E-state index in [1.54, 1.807) is 0 Å². The van der Waals surface area contributed by atoms with Crippen molar-refractivity contribution in [2.24, 2.45) is 11.8 Å². The molecule has 0 saturated carbocycles. The van der Waals surface area contributed by atoms with Gasteiger partial charge in [-0.15, -0.1) is 0 Å². The van der Waals surface area contributed by atoms with Gasteiger partial charge in [-0.25, -0.2) is 0 Å². The van der Waals surface area contributed by atoms with Gasteiger partial charge in [-0.3, -0.25) is 0 Å². The molecule has 0 rings (SSSR count). The van der Waals surface area contributed by atoms with E-state index < -0.39 is 0 Å². The summed E-state index contributed by atoms with van der Waals surface area (Å²) in [5, 5.41) is 0.608. The first kappa shape index (κ1) is 12.3. The number of thiol groups is 1. The minimum Gasteiger partial charge on any atom is -0.176 e. The van der Waals surface area contributed by atoms with Gasteiger partial charge in [0, 0.05) is 5.25 Å². The lowest BCUT2D eigenvalue weighted by molar-refractivity contribution is 0.496. The average Bonchev–Trinajstić information content (AvgIpc) is 1.97. The van der Waals surface area contributed by atoms with E-state index in [0.29, 0.717) is 5.25 Å². The zero-order valence-corrected chi connectivity index (χ0v) is 9.90. The molecule has 0 aliphatic rings. The van der Waals surface area contributed by atoms with Crippen molar-refractivity contribution in [2.45, 2.75) is 58.6 Å². The van der Waals surface area contributed by atoms with Crippen LogP contribution in [-0.4, -0.2) is 5.25 Å². The maximum atomic E-state index is 4.55. The lowest BCUT2D eigenvalue weighted by Gasteiger charge is -2.14. The second-order valence-corrected chi connectivity index (χ2v) is 5.15.